The second-order valence-electron chi connectivity index (χ2n) is 4.64. The fourth-order valence-electron chi connectivity index (χ4n) is 1.91. The summed E-state index contributed by atoms with van der Waals surface area (Å²) < 4.78 is 53.2. The lowest BCUT2D eigenvalue weighted by molar-refractivity contribution is 0.172. The molecule has 0 saturated carbocycles. The highest BCUT2D eigenvalue weighted by Gasteiger charge is 2.21. The van der Waals surface area contributed by atoms with Crippen molar-refractivity contribution < 1.29 is 22.3 Å². The first-order valence-corrected chi connectivity index (χ1v) is 7.95. The van der Waals surface area contributed by atoms with Crippen molar-refractivity contribution in [3.8, 4) is 6.07 Å². The number of hydrogen-bond donors (Lipinski definition) is 2. The van der Waals surface area contributed by atoms with Gasteiger partial charge in [-0.15, -0.1) is 0 Å². The first-order valence-electron chi connectivity index (χ1n) is 6.47. The molecule has 2 aromatic carbocycles. The van der Waals surface area contributed by atoms with E-state index in [1.165, 1.54) is 24.3 Å². The van der Waals surface area contributed by atoms with Crippen LogP contribution in [0.1, 0.15) is 17.2 Å². The first-order chi connectivity index (χ1) is 10.8. The molecular weight excluding hydrogens is 326 g/mol. The smallest absolute Gasteiger partial charge is 0.240 e. The summed E-state index contributed by atoms with van der Waals surface area (Å²) in [4.78, 5) is -0.127. The summed E-state index contributed by atoms with van der Waals surface area (Å²) in [6.45, 7) is -0.597. The van der Waals surface area contributed by atoms with Crippen molar-refractivity contribution >= 4 is 10.0 Å². The van der Waals surface area contributed by atoms with E-state index in [4.69, 9.17) is 5.26 Å². The Labute approximate surface area is 131 Å². The molecule has 0 fully saturated rings. The largest absolute Gasteiger partial charge is 0.387 e. The molecule has 0 aliphatic heterocycles. The summed E-state index contributed by atoms with van der Waals surface area (Å²) in [6, 6.07) is 10.0. The molecule has 120 valence electrons. The predicted molar refractivity (Wildman–Crippen MR) is 77.7 cm³/mol. The lowest BCUT2D eigenvalue weighted by Crippen LogP contribution is -2.29. The molecule has 0 spiro atoms. The maximum atomic E-state index is 13.5. The molecule has 1 unspecified atom stereocenters. The van der Waals surface area contributed by atoms with Gasteiger partial charge >= 0.3 is 0 Å². The maximum Gasteiger partial charge on any atom is 0.240 e. The van der Waals surface area contributed by atoms with E-state index < -0.39 is 39.9 Å². The molecule has 0 aliphatic rings. The van der Waals surface area contributed by atoms with Crippen molar-refractivity contribution in [1.82, 2.24) is 4.72 Å². The molecule has 0 aromatic heterocycles. The van der Waals surface area contributed by atoms with Crippen LogP contribution in [0.5, 0.6) is 0 Å². The molecule has 2 rings (SSSR count). The average molecular weight is 338 g/mol. The van der Waals surface area contributed by atoms with Crippen molar-refractivity contribution in [3.05, 3.63) is 65.2 Å². The first kappa shape index (κ1) is 17.0. The molecule has 0 aliphatic carbocycles. The minimum absolute atomic E-state index is 0.127. The zero-order valence-corrected chi connectivity index (χ0v) is 12.5. The number of benzene rings is 2. The zero-order chi connectivity index (χ0) is 17.0. The van der Waals surface area contributed by atoms with Gasteiger partial charge in [-0.2, -0.15) is 5.26 Å². The number of halogens is 2. The zero-order valence-electron chi connectivity index (χ0n) is 11.7. The number of aliphatic hydroxyl groups excluding tert-OH is 1. The number of sulfonamides is 1. The van der Waals surface area contributed by atoms with Gasteiger partial charge in [0.05, 0.1) is 28.2 Å². The van der Waals surface area contributed by atoms with Crippen LogP contribution in [0.2, 0.25) is 0 Å². The molecule has 8 heteroatoms. The van der Waals surface area contributed by atoms with Crippen molar-refractivity contribution in [2.24, 2.45) is 0 Å². The van der Waals surface area contributed by atoms with E-state index in [9.17, 15) is 22.3 Å². The Hall–Kier alpha value is -2.34. The molecule has 2 aromatic rings. The van der Waals surface area contributed by atoms with Crippen molar-refractivity contribution in [2.45, 2.75) is 11.0 Å². The highest BCUT2D eigenvalue weighted by atomic mass is 32.2. The SMILES string of the molecule is N#Cc1ccc(S(=O)(=O)NCC(O)c2c(F)cccc2F)cc1. The molecule has 5 nitrogen and oxygen atoms in total. The lowest BCUT2D eigenvalue weighted by atomic mass is 10.1. The third kappa shape index (κ3) is 3.90. The predicted octanol–water partition coefficient (Wildman–Crippen LogP) is 1.85. The Bertz CT molecular complexity index is 826. The maximum absolute atomic E-state index is 13.5. The number of nitriles is 1. The highest BCUT2D eigenvalue weighted by molar-refractivity contribution is 7.89. The van der Waals surface area contributed by atoms with Crippen LogP contribution < -0.4 is 4.72 Å². The van der Waals surface area contributed by atoms with Crippen molar-refractivity contribution in [2.75, 3.05) is 6.54 Å². The third-order valence-electron chi connectivity index (χ3n) is 3.09. The van der Waals surface area contributed by atoms with E-state index in [2.05, 4.69) is 4.72 Å². The van der Waals surface area contributed by atoms with E-state index in [0.29, 0.717) is 0 Å². The Morgan fingerprint density at radius 1 is 1.13 bits per heavy atom. The topological polar surface area (TPSA) is 90.2 Å². The van der Waals surface area contributed by atoms with Gasteiger partial charge in [-0.1, -0.05) is 6.07 Å². The molecule has 0 heterocycles. The Morgan fingerprint density at radius 2 is 1.70 bits per heavy atom. The fourth-order valence-corrected chi connectivity index (χ4v) is 2.95. The highest BCUT2D eigenvalue weighted by Crippen LogP contribution is 2.20. The van der Waals surface area contributed by atoms with Crippen LogP contribution in [0, 0.1) is 23.0 Å². The monoisotopic (exact) mass is 338 g/mol. The van der Waals surface area contributed by atoms with E-state index in [-0.39, 0.29) is 10.5 Å². The van der Waals surface area contributed by atoms with Gasteiger partial charge in [0.2, 0.25) is 10.0 Å². The molecule has 0 radical (unpaired) electrons. The van der Waals surface area contributed by atoms with E-state index in [1.807, 2.05) is 6.07 Å². The number of rotatable bonds is 5. The van der Waals surface area contributed by atoms with Gasteiger partial charge in [-0.25, -0.2) is 21.9 Å². The molecule has 0 bridgehead atoms. The van der Waals surface area contributed by atoms with Gasteiger partial charge in [0.25, 0.3) is 0 Å². The van der Waals surface area contributed by atoms with Crippen LogP contribution in [0.3, 0.4) is 0 Å². The summed E-state index contributed by atoms with van der Waals surface area (Å²) in [5.41, 5.74) is -0.313. The van der Waals surface area contributed by atoms with Gasteiger partial charge in [0.1, 0.15) is 11.6 Å². The van der Waals surface area contributed by atoms with E-state index >= 15 is 0 Å². The van der Waals surface area contributed by atoms with Crippen molar-refractivity contribution in [1.29, 1.82) is 5.26 Å². The third-order valence-corrected chi connectivity index (χ3v) is 4.53. The second kappa shape index (κ2) is 6.83. The number of nitrogens with one attached hydrogen (secondary N) is 1. The number of nitrogens with zero attached hydrogens (tertiary/aromatic N) is 1. The van der Waals surface area contributed by atoms with Crippen LogP contribution in [-0.4, -0.2) is 20.1 Å². The quantitative estimate of drug-likeness (QED) is 0.870. The number of hydrogen-bond acceptors (Lipinski definition) is 4. The molecule has 0 saturated heterocycles. The lowest BCUT2D eigenvalue weighted by Gasteiger charge is -2.14. The van der Waals surface area contributed by atoms with Gasteiger partial charge in [-0.05, 0) is 36.4 Å². The average Bonchev–Trinajstić information content (AvgIpc) is 2.53. The Morgan fingerprint density at radius 3 is 2.22 bits per heavy atom. The van der Waals surface area contributed by atoms with Crippen LogP contribution >= 0.6 is 0 Å². The summed E-state index contributed by atoms with van der Waals surface area (Å²) >= 11 is 0. The van der Waals surface area contributed by atoms with Crippen LogP contribution in [-0.2, 0) is 10.0 Å². The minimum atomic E-state index is -3.98. The molecule has 1 atom stereocenters. The molecule has 2 N–H and O–H groups in total. The van der Waals surface area contributed by atoms with Gasteiger partial charge < -0.3 is 5.11 Å². The van der Waals surface area contributed by atoms with Gasteiger partial charge in [0, 0.05) is 6.54 Å². The fraction of sp³-hybridized carbons (Fsp3) is 0.133. The van der Waals surface area contributed by atoms with E-state index in [1.54, 1.807) is 0 Å². The van der Waals surface area contributed by atoms with Crippen LogP contribution in [0.4, 0.5) is 8.78 Å². The minimum Gasteiger partial charge on any atom is -0.387 e. The summed E-state index contributed by atoms with van der Waals surface area (Å²) in [5, 5.41) is 18.5. The van der Waals surface area contributed by atoms with E-state index in [0.717, 1.165) is 18.2 Å². The van der Waals surface area contributed by atoms with Crippen LogP contribution in [0.25, 0.3) is 0 Å². The summed E-state index contributed by atoms with van der Waals surface area (Å²) in [7, 11) is -3.98. The van der Waals surface area contributed by atoms with Gasteiger partial charge in [-0.3, -0.25) is 0 Å². The summed E-state index contributed by atoms with van der Waals surface area (Å²) in [6.07, 6.45) is -1.68. The molecule has 23 heavy (non-hydrogen) atoms. The van der Waals surface area contributed by atoms with Crippen molar-refractivity contribution in [3.63, 3.8) is 0 Å². The normalized spacial score (nSPS) is 12.6. The summed E-state index contributed by atoms with van der Waals surface area (Å²) in [5.74, 6) is -1.93. The Balaban J connectivity index is 2.14. The molecular formula is C15H12F2N2O3S. The number of aliphatic hydroxyl groups is 1. The molecule has 0 amide bonds. The van der Waals surface area contributed by atoms with Gasteiger partial charge in [0.15, 0.2) is 0 Å². The van der Waals surface area contributed by atoms with Crippen LogP contribution in [0.15, 0.2) is 47.4 Å². The second-order valence-corrected chi connectivity index (χ2v) is 6.41. The Kier molecular flexibility index (Phi) is 5.05. The standard InChI is InChI=1S/C15H12F2N2O3S/c16-12-2-1-3-13(17)15(12)14(20)9-19-23(21,22)11-6-4-10(8-18)5-7-11/h1-7,14,19-20H,9H2.